The van der Waals surface area contributed by atoms with Crippen LogP contribution in [0, 0.1) is 11.8 Å². The molecule has 2 saturated carbocycles. The Balaban J connectivity index is 1.34. The van der Waals surface area contributed by atoms with Gasteiger partial charge in [-0.05, 0) is 69.2 Å². The van der Waals surface area contributed by atoms with Crippen molar-refractivity contribution < 1.29 is 9.18 Å². The van der Waals surface area contributed by atoms with Crippen molar-refractivity contribution in [1.82, 2.24) is 10.6 Å². The molecule has 4 rings (SSSR count). The summed E-state index contributed by atoms with van der Waals surface area (Å²) in [5.74, 6) is 5.94. The molecule has 0 radical (unpaired) electrons. The van der Waals surface area contributed by atoms with E-state index in [0.29, 0.717) is 30.1 Å². The third-order valence-electron chi connectivity index (χ3n) is 6.10. The fourth-order valence-electron chi connectivity index (χ4n) is 4.25. The van der Waals surface area contributed by atoms with Gasteiger partial charge in [0.2, 0.25) is 0 Å². The van der Waals surface area contributed by atoms with Crippen LogP contribution in [-0.4, -0.2) is 30.2 Å². The van der Waals surface area contributed by atoms with Crippen molar-refractivity contribution in [3.63, 3.8) is 0 Å². The van der Waals surface area contributed by atoms with Crippen LogP contribution in [0.3, 0.4) is 0 Å². The fourth-order valence-corrected chi connectivity index (χ4v) is 4.25. The number of carbonyl (C=O) groups is 1. The van der Waals surface area contributed by atoms with Crippen LogP contribution in [0.15, 0.2) is 35.9 Å². The van der Waals surface area contributed by atoms with Gasteiger partial charge in [-0.1, -0.05) is 30.8 Å². The van der Waals surface area contributed by atoms with E-state index in [2.05, 4.69) is 22.5 Å². The molecule has 4 heteroatoms. The van der Waals surface area contributed by atoms with Crippen LogP contribution < -0.4 is 10.6 Å². The monoisotopic (exact) mass is 380 g/mol. The molecule has 0 heterocycles. The molecule has 2 N–H and O–H groups in total. The third-order valence-corrected chi connectivity index (χ3v) is 6.10. The van der Waals surface area contributed by atoms with E-state index in [9.17, 15) is 9.18 Å². The SMILES string of the molecule is O=C(NCC1(NC2CC2)CCCC1)c1ccc(C#CC2=CCCCC2F)cc1. The maximum atomic E-state index is 13.8. The topological polar surface area (TPSA) is 41.1 Å². The van der Waals surface area contributed by atoms with Gasteiger partial charge in [-0.15, -0.1) is 0 Å². The lowest BCUT2D eigenvalue weighted by atomic mass is 9.97. The average Bonchev–Trinajstić information content (AvgIpc) is 3.41. The van der Waals surface area contributed by atoms with E-state index >= 15 is 0 Å². The Labute approximate surface area is 167 Å². The number of hydrogen-bond donors (Lipinski definition) is 2. The van der Waals surface area contributed by atoms with E-state index in [-0.39, 0.29) is 11.4 Å². The molecule has 0 aliphatic heterocycles. The zero-order valence-electron chi connectivity index (χ0n) is 16.4. The summed E-state index contributed by atoms with van der Waals surface area (Å²) in [5, 5.41) is 6.89. The summed E-state index contributed by atoms with van der Waals surface area (Å²) in [6.45, 7) is 0.690. The summed E-state index contributed by atoms with van der Waals surface area (Å²) in [4.78, 5) is 12.6. The first kappa shape index (κ1) is 19.2. The fraction of sp³-hybridized carbons (Fsp3) is 0.542. The van der Waals surface area contributed by atoms with Crippen molar-refractivity contribution in [2.24, 2.45) is 0 Å². The van der Waals surface area contributed by atoms with Gasteiger partial charge >= 0.3 is 0 Å². The number of nitrogens with one attached hydrogen (secondary N) is 2. The molecule has 0 aromatic heterocycles. The van der Waals surface area contributed by atoms with Crippen molar-refractivity contribution in [1.29, 1.82) is 0 Å². The minimum absolute atomic E-state index is 0.0396. The minimum Gasteiger partial charge on any atom is -0.350 e. The van der Waals surface area contributed by atoms with Crippen LogP contribution in [0.2, 0.25) is 0 Å². The number of rotatable bonds is 5. The van der Waals surface area contributed by atoms with Crippen LogP contribution in [0.1, 0.15) is 73.7 Å². The van der Waals surface area contributed by atoms with Gasteiger partial charge in [0, 0.05) is 34.8 Å². The highest BCUT2D eigenvalue weighted by Crippen LogP contribution is 2.33. The van der Waals surface area contributed by atoms with Gasteiger partial charge in [0.1, 0.15) is 6.17 Å². The summed E-state index contributed by atoms with van der Waals surface area (Å²) < 4.78 is 13.8. The van der Waals surface area contributed by atoms with Crippen LogP contribution >= 0.6 is 0 Å². The predicted octanol–water partition coefficient (Wildman–Crippen LogP) is 4.28. The number of allylic oxidation sites excluding steroid dienone is 2. The van der Waals surface area contributed by atoms with E-state index in [1.807, 2.05) is 18.2 Å². The lowest BCUT2D eigenvalue weighted by Crippen LogP contribution is -2.52. The van der Waals surface area contributed by atoms with E-state index in [4.69, 9.17) is 0 Å². The molecule has 0 bridgehead atoms. The van der Waals surface area contributed by atoms with Crippen LogP contribution in [0.25, 0.3) is 0 Å². The molecule has 1 aromatic rings. The molecule has 1 aromatic carbocycles. The maximum Gasteiger partial charge on any atom is 0.251 e. The third kappa shape index (κ3) is 4.83. The second-order valence-electron chi connectivity index (χ2n) is 8.47. The number of amides is 1. The Morgan fingerprint density at radius 2 is 1.82 bits per heavy atom. The Morgan fingerprint density at radius 3 is 2.50 bits per heavy atom. The smallest absolute Gasteiger partial charge is 0.251 e. The number of carbonyl (C=O) groups excluding carboxylic acids is 1. The molecule has 0 saturated heterocycles. The van der Waals surface area contributed by atoms with Gasteiger partial charge in [0.25, 0.3) is 5.91 Å². The van der Waals surface area contributed by atoms with Crippen LogP contribution in [0.5, 0.6) is 0 Å². The first-order valence-corrected chi connectivity index (χ1v) is 10.7. The summed E-state index contributed by atoms with van der Waals surface area (Å²) in [6.07, 6.45) is 10.6. The van der Waals surface area contributed by atoms with Crippen LogP contribution in [-0.2, 0) is 0 Å². The normalized spacial score (nSPS) is 23.5. The van der Waals surface area contributed by atoms with Gasteiger partial charge in [0.05, 0.1) is 0 Å². The molecule has 3 aliphatic rings. The molecule has 1 amide bonds. The summed E-state index contributed by atoms with van der Waals surface area (Å²) >= 11 is 0. The van der Waals surface area contributed by atoms with Gasteiger partial charge in [-0.3, -0.25) is 4.79 Å². The van der Waals surface area contributed by atoms with E-state index in [0.717, 1.165) is 31.2 Å². The second-order valence-corrected chi connectivity index (χ2v) is 8.47. The van der Waals surface area contributed by atoms with Crippen molar-refractivity contribution in [3.05, 3.63) is 47.0 Å². The molecule has 28 heavy (non-hydrogen) atoms. The molecule has 1 unspecified atom stereocenters. The summed E-state index contributed by atoms with van der Waals surface area (Å²) in [5.41, 5.74) is 2.13. The molecule has 0 spiro atoms. The van der Waals surface area contributed by atoms with E-state index in [1.54, 1.807) is 12.1 Å². The zero-order valence-corrected chi connectivity index (χ0v) is 16.4. The average molecular weight is 381 g/mol. The molecule has 1 atom stereocenters. The lowest BCUT2D eigenvalue weighted by Gasteiger charge is -2.31. The summed E-state index contributed by atoms with van der Waals surface area (Å²) in [6, 6.07) is 7.93. The Kier molecular flexibility index (Phi) is 5.82. The molecule has 3 aliphatic carbocycles. The Hall–Kier alpha value is -2.12. The Bertz CT molecular complexity index is 792. The maximum absolute atomic E-state index is 13.8. The van der Waals surface area contributed by atoms with Gasteiger partial charge in [0.15, 0.2) is 0 Å². The predicted molar refractivity (Wildman–Crippen MR) is 110 cm³/mol. The van der Waals surface area contributed by atoms with Gasteiger partial charge in [-0.2, -0.15) is 0 Å². The Morgan fingerprint density at radius 1 is 1.07 bits per heavy atom. The standard InChI is InChI=1S/C24H29FN2O/c25-22-6-2-1-5-19(22)10-7-18-8-11-20(12-9-18)23(28)26-17-24(15-3-4-16-24)27-21-13-14-21/h5,8-9,11-12,21-22,27H,1-4,6,13-17H2,(H,26,28). The van der Waals surface area contributed by atoms with Crippen molar-refractivity contribution in [3.8, 4) is 11.8 Å². The van der Waals surface area contributed by atoms with E-state index in [1.165, 1.54) is 25.7 Å². The first-order valence-electron chi connectivity index (χ1n) is 10.7. The second kappa shape index (κ2) is 8.49. The quantitative estimate of drug-likeness (QED) is 0.749. The van der Waals surface area contributed by atoms with Crippen molar-refractivity contribution >= 4 is 5.91 Å². The highest BCUT2D eigenvalue weighted by atomic mass is 19.1. The highest BCUT2D eigenvalue weighted by Gasteiger charge is 2.38. The van der Waals surface area contributed by atoms with E-state index < -0.39 is 6.17 Å². The number of benzene rings is 1. The molecular weight excluding hydrogens is 351 g/mol. The lowest BCUT2D eigenvalue weighted by molar-refractivity contribution is 0.0938. The highest BCUT2D eigenvalue weighted by molar-refractivity contribution is 5.94. The number of hydrogen-bond acceptors (Lipinski definition) is 2. The zero-order chi connectivity index (χ0) is 19.4. The van der Waals surface area contributed by atoms with Crippen molar-refractivity contribution in [2.75, 3.05) is 6.54 Å². The first-order chi connectivity index (χ1) is 13.6. The molecule has 3 nitrogen and oxygen atoms in total. The molecule has 2 fully saturated rings. The number of alkyl halides is 1. The van der Waals surface area contributed by atoms with Gasteiger partial charge < -0.3 is 10.6 Å². The van der Waals surface area contributed by atoms with Crippen LogP contribution in [0.4, 0.5) is 4.39 Å². The number of halogens is 1. The van der Waals surface area contributed by atoms with Gasteiger partial charge in [-0.25, -0.2) is 4.39 Å². The molecule has 148 valence electrons. The molecular formula is C24H29FN2O. The van der Waals surface area contributed by atoms with Crippen molar-refractivity contribution in [2.45, 2.75) is 75.5 Å². The largest absolute Gasteiger partial charge is 0.350 e. The minimum atomic E-state index is -0.932. The summed E-state index contributed by atoms with van der Waals surface area (Å²) in [7, 11) is 0.